The Bertz CT molecular complexity index is 593. The van der Waals surface area contributed by atoms with Crippen LogP contribution in [0.1, 0.15) is 42.7 Å². The van der Waals surface area contributed by atoms with Crippen LogP contribution in [0.3, 0.4) is 0 Å². The first kappa shape index (κ1) is 12.0. The summed E-state index contributed by atoms with van der Waals surface area (Å²) in [7, 11) is 0. The lowest BCUT2D eigenvalue weighted by Crippen LogP contribution is -1.93. The summed E-state index contributed by atoms with van der Waals surface area (Å²) >= 11 is 0. The monoisotopic (exact) mass is 251 g/mol. The molecule has 0 amide bonds. The molecule has 0 saturated heterocycles. The highest BCUT2D eigenvalue weighted by molar-refractivity contribution is 5.75. The summed E-state index contributed by atoms with van der Waals surface area (Å²) in [6, 6.07) is 10.2. The normalized spacial score (nSPS) is 15.7. The van der Waals surface area contributed by atoms with Crippen LogP contribution in [0.5, 0.6) is 0 Å². The van der Waals surface area contributed by atoms with Crippen LogP contribution < -0.4 is 0 Å². The van der Waals surface area contributed by atoms with Gasteiger partial charge in [-0.15, -0.1) is 0 Å². The van der Waals surface area contributed by atoms with E-state index >= 15 is 0 Å². The molecular weight excluding hydrogens is 234 g/mol. The van der Waals surface area contributed by atoms with E-state index in [1.807, 2.05) is 24.3 Å². The van der Waals surface area contributed by atoms with Gasteiger partial charge in [0.15, 0.2) is 12.2 Å². The minimum absolute atomic E-state index is 0.858. The Balaban J connectivity index is 1.84. The first-order valence-corrected chi connectivity index (χ1v) is 6.79. The molecule has 1 aliphatic carbocycles. The van der Waals surface area contributed by atoms with Crippen molar-refractivity contribution < 1.29 is 4.42 Å². The molecule has 0 unspecified atom stereocenters. The average Bonchev–Trinajstić information content (AvgIpc) is 2.95. The van der Waals surface area contributed by atoms with Gasteiger partial charge >= 0.3 is 0 Å². The molecule has 2 heteroatoms. The van der Waals surface area contributed by atoms with Crippen molar-refractivity contribution in [1.82, 2.24) is 4.98 Å². The number of nitrogens with zero attached hydrogens (tertiary/aromatic N) is 1. The van der Waals surface area contributed by atoms with Crippen molar-refractivity contribution in [2.24, 2.45) is 0 Å². The molecule has 19 heavy (non-hydrogen) atoms. The molecule has 0 aliphatic heterocycles. The van der Waals surface area contributed by atoms with Crippen molar-refractivity contribution in [1.29, 1.82) is 0 Å². The van der Waals surface area contributed by atoms with E-state index in [0.717, 1.165) is 24.3 Å². The van der Waals surface area contributed by atoms with Crippen LogP contribution in [-0.2, 0) is 0 Å². The Morgan fingerprint density at radius 1 is 1.05 bits per heavy atom. The van der Waals surface area contributed by atoms with Crippen molar-refractivity contribution in [3.8, 4) is 0 Å². The Hall–Kier alpha value is -2.09. The van der Waals surface area contributed by atoms with Gasteiger partial charge in [0.05, 0.1) is 0 Å². The molecule has 2 aromatic rings. The van der Waals surface area contributed by atoms with Crippen molar-refractivity contribution in [3.05, 3.63) is 59.8 Å². The smallest absolute Gasteiger partial charge is 0.181 e. The maximum Gasteiger partial charge on any atom is 0.181 e. The SMILES string of the molecule is C1=C(c2ncoc2/C=C/c2ccccc2)CCCC1. The van der Waals surface area contributed by atoms with E-state index < -0.39 is 0 Å². The molecule has 1 heterocycles. The predicted octanol–water partition coefficient (Wildman–Crippen LogP) is 4.80. The van der Waals surface area contributed by atoms with Gasteiger partial charge in [-0.3, -0.25) is 0 Å². The molecule has 3 rings (SSSR count). The molecule has 2 nitrogen and oxygen atoms in total. The van der Waals surface area contributed by atoms with Gasteiger partial charge in [0.25, 0.3) is 0 Å². The molecule has 0 saturated carbocycles. The van der Waals surface area contributed by atoms with Crippen LogP contribution in [0, 0.1) is 0 Å². The highest BCUT2D eigenvalue weighted by Gasteiger charge is 2.13. The van der Waals surface area contributed by atoms with Crippen molar-refractivity contribution in [3.63, 3.8) is 0 Å². The number of allylic oxidation sites excluding steroid dienone is 2. The van der Waals surface area contributed by atoms with Crippen LogP contribution in [0.4, 0.5) is 0 Å². The molecule has 0 bridgehead atoms. The van der Waals surface area contributed by atoms with Crippen LogP contribution in [-0.4, -0.2) is 4.98 Å². The van der Waals surface area contributed by atoms with E-state index in [4.69, 9.17) is 4.42 Å². The Morgan fingerprint density at radius 3 is 2.74 bits per heavy atom. The van der Waals surface area contributed by atoms with E-state index in [2.05, 4.69) is 29.3 Å². The number of aromatic nitrogens is 1. The summed E-state index contributed by atoms with van der Waals surface area (Å²) in [5.74, 6) is 0.858. The summed E-state index contributed by atoms with van der Waals surface area (Å²) < 4.78 is 5.50. The van der Waals surface area contributed by atoms with Crippen molar-refractivity contribution in [2.45, 2.75) is 25.7 Å². The molecule has 0 atom stereocenters. The molecule has 96 valence electrons. The second-order valence-corrected chi connectivity index (χ2v) is 4.78. The van der Waals surface area contributed by atoms with Crippen LogP contribution in [0.2, 0.25) is 0 Å². The molecule has 0 N–H and O–H groups in total. The fourth-order valence-corrected chi connectivity index (χ4v) is 2.40. The van der Waals surface area contributed by atoms with E-state index in [1.54, 1.807) is 0 Å². The zero-order valence-corrected chi connectivity index (χ0v) is 10.9. The van der Waals surface area contributed by atoms with Gasteiger partial charge in [-0.2, -0.15) is 0 Å². The zero-order chi connectivity index (χ0) is 12.9. The predicted molar refractivity (Wildman–Crippen MR) is 78.3 cm³/mol. The fourth-order valence-electron chi connectivity index (χ4n) is 2.40. The molecule has 1 aromatic heterocycles. The summed E-state index contributed by atoms with van der Waals surface area (Å²) in [6.07, 6.45) is 12.7. The lowest BCUT2D eigenvalue weighted by molar-refractivity contribution is 0.548. The third-order valence-electron chi connectivity index (χ3n) is 3.42. The summed E-state index contributed by atoms with van der Waals surface area (Å²) in [5, 5.41) is 0. The van der Waals surface area contributed by atoms with Gasteiger partial charge in [-0.25, -0.2) is 4.98 Å². The third kappa shape index (κ3) is 2.84. The first-order valence-electron chi connectivity index (χ1n) is 6.79. The van der Waals surface area contributed by atoms with E-state index in [0.29, 0.717) is 0 Å². The quantitative estimate of drug-likeness (QED) is 0.783. The second-order valence-electron chi connectivity index (χ2n) is 4.78. The summed E-state index contributed by atoms with van der Waals surface area (Å²) in [6.45, 7) is 0. The topological polar surface area (TPSA) is 26.0 Å². The van der Waals surface area contributed by atoms with Crippen LogP contribution in [0.15, 0.2) is 47.2 Å². The van der Waals surface area contributed by atoms with Crippen LogP contribution >= 0.6 is 0 Å². The molecule has 1 aliphatic rings. The molecule has 0 spiro atoms. The highest BCUT2D eigenvalue weighted by atomic mass is 16.3. The Morgan fingerprint density at radius 2 is 1.95 bits per heavy atom. The maximum atomic E-state index is 5.50. The van der Waals surface area contributed by atoms with Crippen molar-refractivity contribution in [2.75, 3.05) is 0 Å². The summed E-state index contributed by atoms with van der Waals surface area (Å²) in [5.41, 5.74) is 3.50. The molecule has 1 aromatic carbocycles. The minimum Gasteiger partial charge on any atom is -0.443 e. The van der Waals surface area contributed by atoms with E-state index in [9.17, 15) is 0 Å². The number of hydrogen-bond donors (Lipinski definition) is 0. The third-order valence-corrected chi connectivity index (χ3v) is 3.42. The number of hydrogen-bond acceptors (Lipinski definition) is 2. The number of benzene rings is 1. The van der Waals surface area contributed by atoms with Gasteiger partial charge in [0.2, 0.25) is 0 Å². The first-order chi connectivity index (χ1) is 9.43. The second kappa shape index (κ2) is 5.70. The molecule has 0 radical (unpaired) electrons. The zero-order valence-electron chi connectivity index (χ0n) is 10.9. The Labute approximate surface area is 113 Å². The van der Waals surface area contributed by atoms with Gasteiger partial charge in [0, 0.05) is 0 Å². The lowest BCUT2D eigenvalue weighted by atomic mass is 9.96. The highest BCUT2D eigenvalue weighted by Crippen LogP contribution is 2.28. The number of rotatable bonds is 3. The average molecular weight is 251 g/mol. The van der Waals surface area contributed by atoms with Crippen molar-refractivity contribution >= 4 is 17.7 Å². The fraction of sp³-hybridized carbons (Fsp3) is 0.235. The van der Waals surface area contributed by atoms with Gasteiger partial charge in [0.1, 0.15) is 5.69 Å². The van der Waals surface area contributed by atoms with Gasteiger partial charge < -0.3 is 4.42 Å². The number of oxazole rings is 1. The largest absolute Gasteiger partial charge is 0.443 e. The lowest BCUT2D eigenvalue weighted by Gasteiger charge is -2.10. The minimum atomic E-state index is 0.858. The molecule has 0 fully saturated rings. The maximum absolute atomic E-state index is 5.50. The Kier molecular flexibility index (Phi) is 3.59. The van der Waals surface area contributed by atoms with E-state index in [1.165, 1.54) is 30.4 Å². The van der Waals surface area contributed by atoms with Gasteiger partial charge in [-0.05, 0) is 42.9 Å². The van der Waals surface area contributed by atoms with E-state index in [-0.39, 0.29) is 0 Å². The van der Waals surface area contributed by atoms with Crippen LogP contribution in [0.25, 0.3) is 17.7 Å². The molecular formula is C17H17NO. The standard InChI is InChI=1S/C17H17NO/c1-3-7-14(8-4-1)11-12-16-17(18-13-19-16)15-9-5-2-6-10-15/h1,3-4,7-9,11-13H,2,5-6,10H2/b12-11+. The summed E-state index contributed by atoms with van der Waals surface area (Å²) in [4.78, 5) is 4.37. The van der Waals surface area contributed by atoms with Gasteiger partial charge in [-0.1, -0.05) is 42.5 Å².